The van der Waals surface area contributed by atoms with Crippen LogP contribution in [0.1, 0.15) is 5.69 Å². The van der Waals surface area contributed by atoms with E-state index in [4.69, 9.17) is 13.9 Å². The van der Waals surface area contributed by atoms with Crippen molar-refractivity contribution < 1.29 is 13.9 Å². The molecule has 0 fully saturated rings. The van der Waals surface area contributed by atoms with E-state index < -0.39 is 0 Å². The van der Waals surface area contributed by atoms with Crippen LogP contribution in [0, 0.1) is 0 Å². The summed E-state index contributed by atoms with van der Waals surface area (Å²) in [6.07, 6.45) is 1.76. The van der Waals surface area contributed by atoms with Gasteiger partial charge in [-0.25, -0.2) is 0 Å². The number of hydrogen-bond acceptors (Lipinski definition) is 7. The highest BCUT2D eigenvalue weighted by molar-refractivity contribution is 7.98. The Balaban J connectivity index is 1.76. The van der Waals surface area contributed by atoms with Gasteiger partial charge >= 0.3 is 0 Å². The minimum Gasteiger partial charge on any atom is -0.497 e. The minimum absolute atomic E-state index is 0.422. The van der Waals surface area contributed by atoms with Crippen molar-refractivity contribution in [2.24, 2.45) is 0 Å². The third-order valence-electron chi connectivity index (χ3n) is 3.07. The molecule has 2 heterocycles. The summed E-state index contributed by atoms with van der Waals surface area (Å²) in [5.41, 5.74) is 1.71. The first-order valence-corrected chi connectivity index (χ1v) is 7.86. The molecule has 0 atom stereocenters. The lowest BCUT2D eigenvalue weighted by atomic mass is 10.2. The molecule has 0 aliphatic rings. The van der Waals surface area contributed by atoms with Crippen LogP contribution in [0.2, 0.25) is 0 Å². The second-order valence-electron chi connectivity index (χ2n) is 4.58. The van der Waals surface area contributed by atoms with E-state index in [0.29, 0.717) is 28.4 Å². The molecule has 0 radical (unpaired) electrons. The Hall–Kier alpha value is -2.54. The molecule has 0 unspecified atom stereocenters. The normalized spacial score (nSPS) is 10.5. The van der Waals surface area contributed by atoms with Gasteiger partial charge in [0.25, 0.3) is 5.22 Å². The molecule has 0 saturated heterocycles. The molecule has 0 aliphatic heterocycles. The van der Waals surface area contributed by atoms with Gasteiger partial charge in [0.1, 0.15) is 11.5 Å². The van der Waals surface area contributed by atoms with Crippen molar-refractivity contribution in [2.45, 2.75) is 11.0 Å². The second-order valence-corrected chi connectivity index (χ2v) is 5.51. The summed E-state index contributed by atoms with van der Waals surface area (Å²) in [5.74, 6) is 2.43. The van der Waals surface area contributed by atoms with Crippen molar-refractivity contribution in [3.8, 4) is 23.0 Å². The third kappa shape index (κ3) is 3.81. The van der Waals surface area contributed by atoms with Crippen LogP contribution < -0.4 is 9.47 Å². The SMILES string of the molecule is COc1cc(OC)cc(-c2nnc(SCc3ccccn3)o2)c1. The van der Waals surface area contributed by atoms with E-state index in [1.54, 1.807) is 26.5 Å². The maximum absolute atomic E-state index is 5.69. The van der Waals surface area contributed by atoms with E-state index in [2.05, 4.69) is 15.2 Å². The number of rotatable bonds is 6. The summed E-state index contributed by atoms with van der Waals surface area (Å²) in [4.78, 5) is 4.26. The summed E-state index contributed by atoms with van der Waals surface area (Å²) in [7, 11) is 3.20. The lowest BCUT2D eigenvalue weighted by Gasteiger charge is -2.05. The van der Waals surface area contributed by atoms with Gasteiger partial charge in [0.05, 0.1) is 19.9 Å². The summed E-state index contributed by atoms with van der Waals surface area (Å²) in [6.45, 7) is 0. The van der Waals surface area contributed by atoms with Gasteiger partial charge in [-0.2, -0.15) is 0 Å². The van der Waals surface area contributed by atoms with E-state index in [-0.39, 0.29) is 0 Å². The summed E-state index contributed by atoms with van der Waals surface area (Å²) in [6, 6.07) is 11.2. The highest BCUT2D eigenvalue weighted by Gasteiger charge is 2.12. The predicted molar refractivity (Wildman–Crippen MR) is 86.6 cm³/mol. The molecule has 0 aliphatic carbocycles. The fourth-order valence-electron chi connectivity index (χ4n) is 1.93. The van der Waals surface area contributed by atoms with Crippen LogP contribution in [-0.4, -0.2) is 29.4 Å². The number of pyridine rings is 1. The van der Waals surface area contributed by atoms with Gasteiger partial charge in [-0.05, 0) is 24.3 Å². The van der Waals surface area contributed by atoms with Gasteiger partial charge in [-0.1, -0.05) is 17.8 Å². The van der Waals surface area contributed by atoms with Crippen molar-refractivity contribution in [1.29, 1.82) is 0 Å². The molecule has 6 nitrogen and oxygen atoms in total. The molecule has 0 spiro atoms. The Bertz CT molecular complexity index is 755. The van der Waals surface area contributed by atoms with Gasteiger partial charge in [0, 0.05) is 23.6 Å². The zero-order valence-corrected chi connectivity index (χ0v) is 13.5. The highest BCUT2D eigenvalue weighted by Crippen LogP contribution is 2.31. The number of aromatic nitrogens is 3. The number of nitrogens with zero attached hydrogens (tertiary/aromatic N) is 3. The van der Waals surface area contributed by atoms with Crippen LogP contribution >= 0.6 is 11.8 Å². The van der Waals surface area contributed by atoms with Gasteiger partial charge in [0.15, 0.2) is 0 Å². The van der Waals surface area contributed by atoms with Gasteiger partial charge in [-0.3, -0.25) is 4.98 Å². The summed E-state index contributed by atoms with van der Waals surface area (Å²) in [5, 5.41) is 8.63. The fourth-order valence-corrected chi connectivity index (χ4v) is 2.61. The lowest BCUT2D eigenvalue weighted by Crippen LogP contribution is -1.88. The first-order valence-electron chi connectivity index (χ1n) is 6.88. The van der Waals surface area contributed by atoms with Gasteiger partial charge < -0.3 is 13.9 Å². The summed E-state index contributed by atoms with van der Waals surface area (Å²) >= 11 is 1.44. The van der Waals surface area contributed by atoms with E-state index in [9.17, 15) is 0 Å². The molecule has 3 aromatic rings. The van der Waals surface area contributed by atoms with Crippen LogP contribution in [0.4, 0.5) is 0 Å². The maximum Gasteiger partial charge on any atom is 0.277 e. The van der Waals surface area contributed by atoms with Crippen molar-refractivity contribution in [3.63, 3.8) is 0 Å². The first-order chi connectivity index (χ1) is 11.3. The zero-order valence-electron chi connectivity index (χ0n) is 12.7. The monoisotopic (exact) mass is 329 g/mol. The topological polar surface area (TPSA) is 70.3 Å². The van der Waals surface area contributed by atoms with Crippen molar-refractivity contribution in [3.05, 3.63) is 48.3 Å². The van der Waals surface area contributed by atoms with E-state index in [1.807, 2.05) is 30.3 Å². The predicted octanol–water partition coefficient (Wildman–Crippen LogP) is 3.44. The van der Waals surface area contributed by atoms with Crippen LogP contribution in [0.5, 0.6) is 11.5 Å². The molecule has 0 amide bonds. The van der Waals surface area contributed by atoms with Crippen molar-refractivity contribution >= 4 is 11.8 Å². The van der Waals surface area contributed by atoms with E-state index in [1.165, 1.54) is 11.8 Å². The van der Waals surface area contributed by atoms with Crippen LogP contribution in [-0.2, 0) is 5.75 Å². The number of thioether (sulfide) groups is 1. The Kier molecular flexibility index (Phi) is 4.77. The fraction of sp³-hybridized carbons (Fsp3) is 0.188. The average Bonchev–Trinajstić information content (AvgIpc) is 3.09. The van der Waals surface area contributed by atoms with Crippen molar-refractivity contribution in [2.75, 3.05) is 14.2 Å². The standard InChI is InChI=1S/C16H15N3O3S/c1-20-13-7-11(8-14(9-13)21-2)15-18-19-16(22-15)23-10-12-5-3-4-6-17-12/h3-9H,10H2,1-2H3. The largest absolute Gasteiger partial charge is 0.497 e. The third-order valence-corrected chi connectivity index (χ3v) is 3.93. The highest BCUT2D eigenvalue weighted by atomic mass is 32.2. The Morgan fingerprint density at radius 1 is 1.04 bits per heavy atom. The number of ether oxygens (including phenoxy) is 2. The average molecular weight is 329 g/mol. The molecule has 1 aromatic carbocycles. The lowest BCUT2D eigenvalue weighted by molar-refractivity contribution is 0.394. The minimum atomic E-state index is 0.422. The van der Waals surface area contributed by atoms with Crippen molar-refractivity contribution in [1.82, 2.24) is 15.2 Å². The molecule has 0 N–H and O–H groups in total. The molecule has 2 aromatic heterocycles. The Morgan fingerprint density at radius 3 is 2.48 bits per heavy atom. The molecule has 0 saturated carbocycles. The van der Waals surface area contributed by atoms with E-state index >= 15 is 0 Å². The molecule has 3 rings (SSSR count). The molecular weight excluding hydrogens is 314 g/mol. The van der Waals surface area contributed by atoms with Crippen LogP contribution in [0.25, 0.3) is 11.5 Å². The maximum atomic E-state index is 5.69. The number of benzene rings is 1. The van der Waals surface area contributed by atoms with Crippen LogP contribution in [0.3, 0.4) is 0 Å². The van der Waals surface area contributed by atoms with Gasteiger partial charge in [-0.15, -0.1) is 10.2 Å². The molecule has 23 heavy (non-hydrogen) atoms. The quantitative estimate of drug-likeness (QED) is 0.641. The Morgan fingerprint density at radius 2 is 1.83 bits per heavy atom. The smallest absolute Gasteiger partial charge is 0.277 e. The van der Waals surface area contributed by atoms with Crippen LogP contribution in [0.15, 0.2) is 52.2 Å². The summed E-state index contributed by atoms with van der Waals surface area (Å²) < 4.78 is 16.2. The first kappa shape index (κ1) is 15.4. The molecular formula is C16H15N3O3S. The second kappa shape index (κ2) is 7.15. The van der Waals surface area contributed by atoms with Gasteiger partial charge in [0.2, 0.25) is 5.89 Å². The zero-order chi connectivity index (χ0) is 16.1. The number of methoxy groups -OCH3 is 2. The molecule has 118 valence electrons. The van der Waals surface area contributed by atoms with E-state index in [0.717, 1.165) is 11.3 Å². The number of hydrogen-bond donors (Lipinski definition) is 0. The molecule has 7 heteroatoms. The Labute approximate surface area is 137 Å². The molecule has 0 bridgehead atoms.